The summed E-state index contributed by atoms with van der Waals surface area (Å²) >= 11 is 1.56. The van der Waals surface area contributed by atoms with Crippen LogP contribution in [0.25, 0.3) is 0 Å². The van der Waals surface area contributed by atoms with Crippen LogP contribution in [0.15, 0.2) is 16.4 Å². The van der Waals surface area contributed by atoms with Crippen LogP contribution in [0.5, 0.6) is 0 Å². The summed E-state index contributed by atoms with van der Waals surface area (Å²) in [6, 6.07) is 0. The minimum Gasteiger partial charge on any atom is -0.268 e. The van der Waals surface area contributed by atoms with Gasteiger partial charge in [0, 0.05) is 12.2 Å². The number of nitrogens with zero attached hydrogens (tertiary/aromatic N) is 4. The molecule has 0 atom stereocenters. The average Bonchev–Trinajstić information content (AvgIpc) is 2.84. The van der Waals surface area contributed by atoms with Gasteiger partial charge >= 0.3 is 0 Å². The van der Waals surface area contributed by atoms with Crippen LogP contribution < -0.4 is 0 Å². The molecular weight excluding hydrogens is 222 g/mol. The van der Waals surface area contributed by atoms with E-state index in [-0.39, 0.29) is 0 Å². The predicted molar refractivity (Wildman–Crippen MR) is 62.5 cm³/mol. The van der Waals surface area contributed by atoms with Gasteiger partial charge in [-0.2, -0.15) is 5.10 Å². The molecule has 5 nitrogen and oxygen atoms in total. The molecule has 0 aromatic carbocycles. The zero-order chi connectivity index (χ0) is 11.5. The van der Waals surface area contributed by atoms with Crippen molar-refractivity contribution in [2.45, 2.75) is 43.8 Å². The molecule has 2 heterocycles. The first-order valence-electron chi connectivity index (χ1n) is 5.30. The molecule has 16 heavy (non-hydrogen) atoms. The van der Waals surface area contributed by atoms with Gasteiger partial charge < -0.3 is 0 Å². The van der Waals surface area contributed by atoms with E-state index in [0.717, 1.165) is 28.7 Å². The zero-order valence-corrected chi connectivity index (χ0v) is 10.5. The van der Waals surface area contributed by atoms with Crippen LogP contribution in [0.3, 0.4) is 0 Å². The summed E-state index contributed by atoms with van der Waals surface area (Å²) in [6.07, 6.45) is 2.68. The van der Waals surface area contributed by atoms with Crippen LogP contribution in [-0.4, -0.2) is 25.0 Å². The Hall–Kier alpha value is -1.30. The lowest BCUT2D eigenvalue weighted by Gasteiger charge is -2.01. The molecule has 0 aliphatic heterocycles. The summed E-state index contributed by atoms with van der Waals surface area (Å²) in [7, 11) is 0. The molecule has 0 unspecified atom stereocenters. The van der Waals surface area contributed by atoms with Crippen molar-refractivity contribution >= 4 is 11.8 Å². The SMILES string of the molecule is CCCn1nc(C)c(Sc2nc[nH]n2)c1C. The van der Waals surface area contributed by atoms with Gasteiger partial charge in [0.15, 0.2) is 0 Å². The third-order valence-corrected chi connectivity index (χ3v) is 3.51. The Morgan fingerprint density at radius 1 is 1.44 bits per heavy atom. The summed E-state index contributed by atoms with van der Waals surface area (Å²) in [4.78, 5) is 5.27. The number of nitrogens with one attached hydrogen (secondary N) is 1. The van der Waals surface area contributed by atoms with E-state index in [0.29, 0.717) is 0 Å². The number of aromatic amines is 1. The lowest BCUT2D eigenvalue weighted by Crippen LogP contribution is -2.01. The fraction of sp³-hybridized carbons (Fsp3) is 0.500. The molecule has 0 aliphatic carbocycles. The van der Waals surface area contributed by atoms with Crippen LogP contribution >= 0.6 is 11.8 Å². The van der Waals surface area contributed by atoms with Crippen LogP contribution in [0, 0.1) is 13.8 Å². The van der Waals surface area contributed by atoms with Crippen molar-refractivity contribution in [1.29, 1.82) is 0 Å². The number of H-pyrrole nitrogens is 1. The molecule has 0 radical (unpaired) electrons. The third-order valence-electron chi connectivity index (χ3n) is 2.34. The lowest BCUT2D eigenvalue weighted by molar-refractivity contribution is 0.582. The Labute approximate surface area is 98.7 Å². The fourth-order valence-electron chi connectivity index (χ4n) is 1.60. The van der Waals surface area contributed by atoms with E-state index in [1.54, 1.807) is 18.1 Å². The molecule has 0 amide bonds. The molecule has 2 rings (SSSR count). The molecule has 86 valence electrons. The van der Waals surface area contributed by atoms with Crippen molar-refractivity contribution in [2.24, 2.45) is 0 Å². The zero-order valence-electron chi connectivity index (χ0n) is 9.69. The van der Waals surface area contributed by atoms with Gasteiger partial charge in [-0.3, -0.25) is 9.78 Å². The second-order valence-electron chi connectivity index (χ2n) is 3.61. The molecule has 0 aliphatic rings. The Morgan fingerprint density at radius 3 is 2.88 bits per heavy atom. The van der Waals surface area contributed by atoms with Crippen LogP contribution in [0.2, 0.25) is 0 Å². The highest BCUT2D eigenvalue weighted by molar-refractivity contribution is 7.99. The Balaban J connectivity index is 2.26. The van der Waals surface area contributed by atoms with Crippen molar-refractivity contribution in [3.63, 3.8) is 0 Å². The number of aryl methyl sites for hydroxylation is 2. The van der Waals surface area contributed by atoms with Gasteiger partial charge in [0.05, 0.1) is 10.6 Å². The molecule has 0 saturated carbocycles. The Morgan fingerprint density at radius 2 is 2.25 bits per heavy atom. The van der Waals surface area contributed by atoms with E-state index in [1.165, 1.54) is 5.69 Å². The minimum absolute atomic E-state index is 0.738. The van der Waals surface area contributed by atoms with E-state index in [1.807, 2.05) is 11.6 Å². The molecule has 0 spiro atoms. The highest BCUT2D eigenvalue weighted by Gasteiger charge is 2.13. The summed E-state index contributed by atoms with van der Waals surface area (Å²) < 4.78 is 2.05. The van der Waals surface area contributed by atoms with Gasteiger partial charge in [-0.15, -0.1) is 5.10 Å². The topological polar surface area (TPSA) is 59.4 Å². The summed E-state index contributed by atoms with van der Waals surface area (Å²) in [5.41, 5.74) is 2.23. The minimum atomic E-state index is 0.738. The van der Waals surface area contributed by atoms with E-state index in [4.69, 9.17) is 0 Å². The van der Waals surface area contributed by atoms with Gasteiger partial charge in [-0.25, -0.2) is 4.98 Å². The Bertz CT molecular complexity index is 460. The third kappa shape index (κ3) is 2.11. The van der Waals surface area contributed by atoms with Gasteiger partial charge in [-0.1, -0.05) is 6.92 Å². The standard InChI is InChI=1S/C10H15N5S/c1-4-5-15-8(3)9(7(2)14-15)16-10-11-6-12-13-10/h6H,4-5H2,1-3H3,(H,11,12,13). The van der Waals surface area contributed by atoms with Crippen LogP contribution in [-0.2, 0) is 6.54 Å². The maximum atomic E-state index is 4.51. The first-order valence-corrected chi connectivity index (χ1v) is 6.11. The fourth-order valence-corrected chi connectivity index (χ4v) is 2.42. The predicted octanol–water partition coefficient (Wildman–Crippen LogP) is 2.18. The highest BCUT2D eigenvalue weighted by Crippen LogP contribution is 2.30. The van der Waals surface area contributed by atoms with Crippen LogP contribution in [0.1, 0.15) is 24.7 Å². The van der Waals surface area contributed by atoms with Gasteiger partial charge in [0.2, 0.25) is 5.16 Å². The molecule has 2 aromatic heterocycles. The van der Waals surface area contributed by atoms with Crippen molar-refractivity contribution < 1.29 is 0 Å². The average molecular weight is 237 g/mol. The Kier molecular flexibility index (Phi) is 3.28. The first kappa shape index (κ1) is 11.2. The molecular formula is C10H15N5S. The number of hydrogen-bond donors (Lipinski definition) is 1. The quantitative estimate of drug-likeness (QED) is 0.885. The number of hydrogen-bond acceptors (Lipinski definition) is 4. The molecule has 0 fully saturated rings. The summed E-state index contributed by atoms with van der Waals surface area (Å²) in [5.74, 6) is 0. The first-order chi connectivity index (χ1) is 7.72. The highest BCUT2D eigenvalue weighted by atomic mass is 32.2. The van der Waals surface area contributed by atoms with Crippen molar-refractivity contribution in [2.75, 3.05) is 0 Å². The molecule has 2 aromatic rings. The van der Waals surface area contributed by atoms with Gasteiger partial charge in [0.25, 0.3) is 0 Å². The molecule has 1 N–H and O–H groups in total. The maximum absolute atomic E-state index is 4.51. The van der Waals surface area contributed by atoms with Crippen molar-refractivity contribution in [3.8, 4) is 0 Å². The van der Waals surface area contributed by atoms with E-state index >= 15 is 0 Å². The monoisotopic (exact) mass is 237 g/mol. The molecule has 0 bridgehead atoms. The lowest BCUT2D eigenvalue weighted by atomic mass is 10.4. The normalized spacial score (nSPS) is 10.9. The van der Waals surface area contributed by atoms with Gasteiger partial charge in [0.1, 0.15) is 6.33 Å². The maximum Gasteiger partial charge on any atom is 0.213 e. The van der Waals surface area contributed by atoms with E-state index < -0.39 is 0 Å². The van der Waals surface area contributed by atoms with Gasteiger partial charge in [-0.05, 0) is 32.0 Å². The second-order valence-corrected chi connectivity index (χ2v) is 4.58. The second kappa shape index (κ2) is 4.69. The summed E-state index contributed by atoms with van der Waals surface area (Å²) in [5, 5.41) is 12.0. The molecule has 6 heteroatoms. The summed E-state index contributed by atoms with van der Waals surface area (Å²) in [6.45, 7) is 7.22. The van der Waals surface area contributed by atoms with E-state index in [9.17, 15) is 0 Å². The smallest absolute Gasteiger partial charge is 0.213 e. The number of rotatable bonds is 4. The van der Waals surface area contributed by atoms with Crippen molar-refractivity contribution in [1.82, 2.24) is 25.0 Å². The molecule has 0 saturated heterocycles. The van der Waals surface area contributed by atoms with Crippen LogP contribution in [0.4, 0.5) is 0 Å². The number of aromatic nitrogens is 5. The van der Waals surface area contributed by atoms with Crippen molar-refractivity contribution in [3.05, 3.63) is 17.7 Å². The van der Waals surface area contributed by atoms with E-state index in [2.05, 4.69) is 34.1 Å². The largest absolute Gasteiger partial charge is 0.268 e.